The van der Waals surface area contributed by atoms with Crippen LogP contribution in [0.3, 0.4) is 0 Å². The van der Waals surface area contributed by atoms with Gasteiger partial charge in [0.1, 0.15) is 11.3 Å². The molecule has 10 heteroatoms. The number of benzene rings is 1. The average molecular weight is 453 g/mol. The second-order valence-corrected chi connectivity index (χ2v) is 7.79. The third-order valence-electron chi connectivity index (χ3n) is 5.25. The van der Waals surface area contributed by atoms with Crippen LogP contribution in [0.4, 0.5) is 16.4 Å². The molecule has 0 aliphatic heterocycles. The molecule has 1 unspecified atom stereocenters. The van der Waals surface area contributed by atoms with Crippen molar-refractivity contribution in [2.45, 2.75) is 25.8 Å². The van der Waals surface area contributed by atoms with E-state index in [4.69, 9.17) is 5.11 Å². The fraction of sp³-hybridized carbons (Fsp3) is 0.348. The van der Waals surface area contributed by atoms with Crippen LogP contribution in [-0.2, 0) is 4.79 Å². The van der Waals surface area contributed by atoms with Gasteiger partial charge in [0.2, 0.25) is 0 Å². The number of aliphatic carboxylic acids is 1. The number of anilines is 2. The monoisotopic (exact) mass is 452 g/mol. The van der Waals surface area contributed by atoms with Crippen molar-refractivity contribution in [1.82, 2.24) is 19.4 Å². The maximum atomic E-state index is 13.5. The Kier molecular flexibility index (Phi) is 7.27. The van der Waals surface area contributed by atoms with Gasteiger partial charge in [0, 0.05) is 27.7 Å². The summed E-state index contributed by atoms with van der Waals surface area (Å²) in [6.45, 7) is 2.04. The normalized spacial score (nSPS) is 11.8. The second-order valence-electron chi connectivity index (χ2n) is 7.79. The average Bonchev–Trinajstić information content (AvgIpc) is 2.80. The molecule has 1 aromatic carbocycles. The zero-order valence-electron chi connectivity index (χ0n) is 19.1. The van der Waals surface area contributed by atoms with E-state index in [1.54, 1.807) is 37.8 Å². The molecule has 0 radical (unpaired) electrons. The maximum Gasteiger partial charge on any atom is 0.324 e. The number of carboxylic acid groups (broad SMARTS) is 1. The second kappa shape index (κ2) is 10.1. The van der Waals surface area contributed by atoms with E-state index in [0.29, 0.717) is 23.4 Å². The minimum atomic E-state index is -0.973. The predicted molar refractivity (Wildman–Crippen MR) is 127 cm³/mol. The van der Waals surface area contributed by atoms with Crippen LogP contribution in [0.15, 0.2) is 47.3 Å². The smallest absolute Gasteiger partial charge is 0.324 e. The Hall–Kier alpha value is -3.95. The molecule has 3 aromatic rings. The summed E-state index contributed by atoms with van der Waals surface area (Å²) in [4.78, 5) is 48.8. The fourth-order valence-corrected chi connectivity index (χ4v) is 3.59. The fourth-order valence-electron chi connectivity index (χ4n) is 3.59. The quantitative estimate of drug-likeness (QED) is 0.539. The van der Waals surface area contributed by atoms with Crippen molar-refractivity contribution >= 4 is 34.8 Å². The highest BCUT2D eigenvalue weighted by Gasteiger charge is 2.22. The first-order chi connectivity index (χ1) is 15.7. The van der Waals surface area contributed by atoms with Gasteiger partial charge in [-0.1, -0.05) is 37.3 Å². The molecule has 10 nitrogen and oxygen atoms in total. The van der Waals surface area contributed by atoms with E-state index in [-0.39, 0.29) is 30.9 Å². The van der Waals surface area contributed by atoms with Crippen LogP contribution in [0, 0.1) is 0 Å². The molecule has 0 aliphatic rings. The first-order valence-electron chi connectivity index (χ1n) is 10.6. The van der Waals surface area contributed by atoms with Gasteiger partial charge in [-0.25, -0.2) is 14.8 Å². The van der Waals surface area contributed by atoms with Gasteiger partial charge in [-0.3, -0.25) is 19.1 Å². The van der Waals surface area contributed by atoms with Gasteiger partial charge in [-0.05, 0) is 24.1 Å². The molecule has 0 aliphatic carbocycles. The number of nitrogens with zero attached hydrogens (tertiary/aromatic N) is 5. The van der Waals surface area contributed by atoms with Crippen LogP contribution in [0.2, 0.25) is 0 Å². The van der Waals surface area contributed by atoms with Crippen molar-refractivity contribution < 1.29 is 14.7 Å². The van der Waals surface area contributed by atoms with Crippen molar-refractivity contribution in [2.24, 2.45) is 0 Å². The third-order valence-corrected chi connectivity index (χ3v) is 5.25. The Balaban J connectivity index is 2.21. The predicted octanol–water partition coefficient (Wildman–Crippen LogP) is 2.80. The largest absolute Gasteiger partial charge is 0.481 e. The summed E-state index contributed by atoms with van der Waals surface area (Å²) in [6, 6.07) is 12.4. The summed E-state index contributed by atoms with van der Waals surface area (Å²) in [5.41, 5.74) is 1.32. The zero-order chi connectivity index (χ0) is 24.1. The van der Waals surface area contributed by atoms with Gasteiger partial charge in [0.25, 0.3) is 5.56 Å². The summed E-state index contributed by atoms with van der Waals surface area (Å²) in [7, 11) is 4.91. The summed E-state index contributed by atoms with van der Waals surface area (Å²) < 4.78 is 1.57. The third kappa shape index (κ3) is 5.11. The van der Waals surface area contributed by atoms with Crippen LogP contribution in [-0.4, -0.2) is 64.2 Å². The number of carbonyl (C=O) groups is 2. The van der Waals surface area contributed by atoms with E-state index < -0.39 is 11.5 Å². The SMILES string of the molecule is CCC(c1ccccc1)n1c(=O)c(NCCC(=O)O)nc2ccc(N(C)C(=O)N(C)C)nc21. The van der Waals surface area contributed by atoms with Crippen LogP contribution in [0.5, 0.6) is 0 Å². The van der Waals surface area contributed by atoms with Crippen molar-refractivity contribution in [3.8, 4) is 0 Å². The highest BCUT2D eigenvalue weighted by molar-refractivity contribution is 5.91. The Morgan fingerprint density at radius 2 is 1.79 bits per heavy atom. The minimum Gasteiger partial charge on any atom is -0.481 e. The summed E-state index contributed by atoms with van der Waals surface area (Å²) in [5.74, 6) is -0.532. The number of carbonyl (C=O) groups excluding carboxylic acids is 1. The number of hydrogen-bond donors (Lipinski definition) is 2. The molecule has 1 atom stereocenters. The van der Waals surface area contributed by atoms with E-state index in [1.165, 1.54) is 9.80 Å². The molecule has 0 bridgehead atoms. The van der Waals surface area contributed by atoms with E-state index in [0.717, 1.165) is 5.56 Å². The van der Waals surface area contributed by atoms with Crippen molar-refractivity contribution in [3.63, 3.8) is 0 Å². The molecular weight excluding hydrogens is 424 g/mol. The van der Waals surface area contributed by atoms with Gasteiger partial charge in [-0.2, -0.15) is 0 Å². The first kappa shape index (κ1) is 23.7. The van der Waals surface area contributed by atoms with Crippen molar-refractivity contribution in [1.29, 1.82) is 0 Å². The summed E-state index contributed by atoms with van der Waals surface area (Å²) in [6.07, 6.45) is 0.458. The highest BCUT2D eigenvalue weighted by atomic mass is 16.4. The summed E-state index contributed by atoms with van der Waals surface area (Å²) >= 11 is 0. The molecule has 0 saturated carbocycles. The zero-order valence-corrected chi connectivity index (χ0v) is 19.1. The minimum absolute atomic E-state index is 0.0606. The standard InChI is InChI=1S/C23H28N6O4/c1-5-17(15-9-7-6-8-10-15)29-21-16(25-20(22(29)32)24-14-13-19(30)31)11-12-18(26-21)28(4)23(33)27(2)3/h6-12,17H,5,13-14H2,1-4H3,(H,24,25)(H,30,31). The Bertz CT molecular complexity index is 1210. The highest BCUT2D eigenvalue weighted by Crippen LogP contribution is 2.26. The first-order valence-corrected chi connectivity index (χ1v) is 10.6. The van der Waals surface area contributed by atoms with Gasteiger partial charge in [0.05, 0.1) is 12.5 Å². The molecule has 2 amide bonds. The number of urea groups is 1. The van der Waals surface area contributed by atoms with Crippen LogP contribution in [0.1, 0.15) is 31.4 Å². The number of carboxylic acids is 1. The number of amides is 2. The molecule has 0 saturated heterocycles. The van der Waals surface area contributed by atoms with Crippen LogP contribution in [0.25, 0.3) is 11.2 Å². The number of rotatable bonds is 8. The van der Waals surface area contributed by atoms with Gasteiger partial charge in [-0.15, -0.1) is 0 Å². The lowest BCUT2D eigenvalue weighted by Crippen LogP contribution is -2.37. The van der Waals surface area contributed by atoms with E-state index in [9.17, 15) is 14.4 Å². The topological polar surface area (TPSA) is 121 Å². The van der Waals surface area contributed by atoms with Gasteiger partial charge >= 0.3 is 12.0 Å². The molecule has 2 aromatic heterocycles. The molecule has 0 fully saturated rings. The van der Waals surface area contributed by atoms with E-state index >= 15 is 0 Å². The number of fused-ring (bicyclic) bond motifs is 1. The molecule has 174 valence electrons. The van der Waals surface area contributed by atoms with E-state index in [2.05, 4.69) is 15.3 Å². The van der Waals surface area contributed by atoms with Crippen LogP contribution >= 0.6 is 0 Å². The lowest BCUT2D eigenvalue weighted by atomic mass is 10.0. The lowest BCUT2D eigenvalue weighted by Gasteiger charge is -2.24. The Morgan fingerprint density at radius 1 is 1.09 bits per heavy atom. The number of nitrogens with one attached hydrogen (secondary N) is 1. The Labute approximate surface area is 191 Å². The lowest BCUT2D eigenvalue weighted by molar-refractivity contribution is -0.136. The van der Waals surface area contributed by atoms with E-state index in [1.807, 2.05) is 37.3 Å². The molecule has 33 heavy (non-hydrogen) atoms. The molecule has 2 N–H and O–H groups in total. The molecule has 3 rings (SSSR count). The van der Waals surface area contributed by atoms with Crippen molar-refractivity contribution in [3.05, 3.63) is 58.4 Å². The molecular formula is C23H28N6O4. The molecule has 2 heterocycles. The van der Waals surface area contributed by atoms with Crippen LogP contribution < -0.4 is 15.8 Å². The van der Waals surface area contributed by atoms with Gasteiger partial charge < -0.3 is 15.3 Å². The van der Waals surface area contributed by atoms with Crippen molar-refractivity contribution in [2.75, 3.05) is 37.9 Å². The number of pyridine rings is 1. The Morgan fingerprint density at radius 3 is 2.39 bits per heavy atom. The maximum absolute atomic E-state index is 13.5. The number of aromatic nitrogens is 3. The van der Waals surface area contributed by atoms with Gasteiger partial charge in [0.15, 0.2) is 11.5 Å². The summed E-state index contributed by atoms with van der Waals surface area (Å²) in [5, 5.41) is 11.8. The molecule has 0 spiro atoms. The number of hydrogen-bond acceptors (Lipinski definition) is 6.